The second-order valence-electron chi connectivity index (χ2n) is 3.53. The molecule has 5 nitrogen and oxygen atoms in total. The molecule has 2 rings (SSSR count). The van der Waals surface area contributed by atoms with E-state index in [0.29, 0.717) is 11.7 Å². The maximum Gasteiger partial charge on any atom is 0.534 e. The maximum atomic E-state index is 11.7. The Balaban J connectivity index is 2.25. The number of carbonyl (C=O) groups is 1. The van der Waals surface area contributed by atoms with Gasteiger partial charge in [-0.15, -0.1) is 0 Å². The van der Waals surface area contributed by atoms with E-state index in [1.54, 1.807) is 6.92 Å². The lowest BCUT2D eigenvalue weighted by Gasteiger charge is -1.98. The summed E-state index contributed by atoms with van der Waals surface area (Å²) in [5.41, 5.74) is 0.902. The molecule has 0 unspecified atom stereocenters. The highest BCUT2D eigenvalue weighted by Crippen LogP contribution is 2.18. The van der Waals surface area contributed by atoms with E-state index >= 15 is 0 Å². The van der Waals surface area contributed by atoms with Crippen molar-refractivity contribution in [3.63, 3.8) is 0 Å². The largest absolute Gasteiger partial charge is 0.534 e. The van der Waals surface area contributed by atoms with E-state index in [1.807, 2.05) is 37.3 Å². The Kier molecular flexibility index (Phi) is 3.88. The average Bonchev–Trinajstić information content (AvgIpc) is 2.72. The van der Waals surface area contributed by atoms with Crippen molar-refractivity contribution in [2.75, 3.05) is 11.9 Å². The molecule has 0 bridgehead atoms. The van der Waals surface area contributed by atoms with Gasteiger partial charge in [0.2, 0.25) is 0 Å². The zero-order chi connectivity index (χ0) is 13.0. The molecule has 0 radical (unpaired) electrons. The van der Waals surface area contributed by atoms with Gasteiger partial charge in [-0.25, -0.2) is 5.32 Å². The van der Waals surface area contributed by atoms with Gasteiger partial charge in [-0.3, -0.25) is 0 Å². The molecule has 0 aliphatic rings. The predicted octanol–water partition coefficient (Wildman–Crippen LogP) is 2.49. The van der Waals surface area contributed by atoms with Crippen molar-refractivity contribution in [3.05, 3.63) is 35.3 Å². The van der Waals surface area contributed by atoms with Crippen molar-refractivity contribution >= 4 is 28.2 Å². The fourth-order valence-corrected chi connectivity index (χ4v) is 2.19. The molecule has 6 heteroatoms. The molecule has 0 saturated carbocycles. The maximum absolute atomic E-state index is 11.7. The Morgan fingerprint density at radius 2 is 2.17 bits per heavy atom. The van der Waals surface area contributed by atoms with Crippen molar-refractivity contribution in [1.29, 1.82) is 0 Å². The van der Waals surface area contributed by atoms with Gasteiger partial charge in [0.25, 0.3) is 0 Å². The summed E-state index contributed by atoms with van der Waals surface area (Å²) in [5, 5.41) is 8.70. The van der Waals surface area contributed by atoms with Crippen LogP contribution < -0.4 is 10.00 Å². The van der Waals surface area contributed by atoms with Crippen LogP contribution in [-0.2, 0) is 4.74 Å². The molecular formula is C12H14N3O2S+. The van der Waals surface area contributed by atoms with Gasteiger partial charge in [0.1, 0.15) is 10.7 Å². The molecule has 2 aromatic rings. The van der Waals surface area contributed by atoms with Crippen molar-refractivity contribution in [1.82, 2.24) is 5.10 Å². The molecule has 0 atom stereocenters. The van der Waals surface area contributed by atoms with Crippen LogP contribution in [0, 0.1) is 6.92 Å². The molecular weight excluding hydrogens is 250 g/mol. The minimum Gasteiger partial charge on any atom is -0.430 e. The first-order chi connectivity index (χ1) is 8.70. The number of aryl methyl sites for hydroxylation is 1. The second kappa shape index (κ2) is 5.59. The lowest BCUT2D eigenvalue weighted by molar-refractivity contribution is -0.629. The quantitative estimate of drug-likeness (QED) is 0.865. The number of nitrogens with zero attached hydrogens (tertiary/aromatic N) is 2. The van der Waals surface area contributed by atoms with Crippen LogP contribution in [0.5, 0.6) is 0 Å². The third-order valence-electron chi connectivity index (χ3n) is 2.14. The number of hydrogen-bond donors (Lipinski definition) is 1. The number of benzene rings is 1. The number of nitrogens with one attached hydrogen (secondary N) is 1. The first-order valence-electron chi connectivity index (χ1n) is 5.59. The van der Waals surface area contributed by atoms with E-state index in [-0.39, 0.29) is 0 Å². The molecule has 1 heterocycles. The smallest absolute Gasteiger partial charge is 0.430 e. The fraction of sp³-hybridized carbons (Fsp3) is 0.250. The molecule has 94 valence electrons. The van der Waals surface area contributed by atoms with Crippen LogP contribution in [0.2, 0.25) is 0 Å². The molecule has 0 amide bonds. The van der Waals surface area contributed by atoms with Crippen LogP contribution in [0.15, 0.2) is 30.3 Å². The summed E-state index contributed by atoms with van der Waals surface area (Å²) in [6.45, 7) is 3.94. The monoisotopic (exact) mass is 264 g/mol. The van der Waals surface area contributed by atoms with Gasteiger partial charge in [0.05, 0.1) is 6.61 Å². The van der Waals surface area contributed by atoms with Gasteiger partial charge >= 0.3 is 11.2 Å². The summed E-state index contributed by atoms with van der Waals surface area (Å²) in [5.74, 6) is 0. The topological polar surface area (TPSA) is 55.1 Å². The lowest BCUT2D eigenvalue weighted by atomic mass is 10.3. The molecule has 0 saturated heterocycles. The number of ether oxygens (including phenoxy) is 1. The Bertz CT molecular complexity index is 540. The molecule has 1 aromatic carbocycles. The van der Waals surface area contributed by atoms with Crippen LogP contribution >= 0.6 is 11.3 Å². The van der Waals surface area contributed by atoms with Crippen LogP contribution in [0.1, 0.15) is 11.9 Å². The number of carbonyl (C=O) groups excluding carboxylic acids is 1. The van der Waals surface area contributed by atoms with Crippen molar-refractivity contribution in [2.24, 2.45) is 0 Å². The summed E-state index contributed by atoms with van der Waals surface area (Å²) in [6, 6.07) is 9.62. The van der Waals surface area contributed by atoms with Gasteiger partial charge < -0.3 is 4.74 Å². The molecule has 0 fully saturated rings. The predicted molar refractivity (Wildman–Crippen MR) is 69.2 cm³/mol. The summed E-state index contributed by atoms with van der Waals surface area (Å²) in [6.07, 6.45) is -0.472. The highest BCUT2D eigenvalue weighted by molar-refractivity contribution is 7.14. The molecule has 1 N–H and O–H groups in total. The first kappa shape index (κ1) is 12.5. The van der Waals surface area contributed by atoms with Gasteiger partial charge in [-0.05, 0) is 42.0 Å². The molecule has 0 spiro atoms. The lowest BCUT2D eigenvalue weighted by Crippen LogP contribution is -2.46. The van der Waals surface area contributed by atoms with Crippen molar-refractivity contribution < 1.29 is 14.2 Å². The molecule has 0 aliphatic heterocycles. The van der Waals surface area contributed by atoms with Crippen LogP contribution in [0.25, 0.3) is 0 Å². The number of para-hydroxylation sites is 1. The number of rotatable bonds is 3. The highest BCUT2D eigenvalue weighted by Gasteiger charge is 2.24. The minimum absolute atomic E-state index is 0.327. The van der Waals surface area contributed by atoms with E-state index in [4.69, 9.17) is 4.74 Å². The van der Waals surface area contributed by atoms with Crippen LogP contribution in [-0.4, -0.2) is 17.8 Å². The van der Waals surface area contributed by atoms with E-state index in [2.05, 4.69) is 10.4 Å². The Morgan fingerprint density at radius 1 is 1.44 bits per heavy atom. The summed E-state index contributed by atoms with van der Waals surface area (Å²) in [4.78, 5) is 11.7. The standard InChI is InChI=1S/C12H13N3O2S/c1-3-17-12(16)15-11(18-9(2)14-15)13-10-7-5-4-6-8-10/h4-8H,3H2,1-2H3/p+1. The number of anilines is 2. The molecule has 0 aliphatic carbocycles. The highest BCUT2D eigenvalue weighted by atomic mass is 32.1. The van der Waals surface area contributed by atoms with Crippen molar-refractivity contribution in [2.45, 2.75) is 13.8 Å². The van der Waals surface area contributed by atoms with E-state index in [0.717, 1.165) is 10.7 Å². The minimum atomic E-state index is -0.472. The zero-order valence-corrected chi connectivity index (χ0v) is 11.0. The molecule has 18 heavy (non-hydrogen) atoms. The van der Waals surface area contributed by atoms with Gasteiger partial charge in [0.15, 0.2) is 0 Å². The Labute approximate surface area is 109 Å². The van der Waals surface area contributed by atoms with E-state index < -0.39 is 6.09 Å². The first-order valence-corrected chi connectivity index (χ1v) is 6.41. The number of aromatic nitrogens is 2. The number of hydrogen-bond acceptors (Lipinski definition) is 5. The third-order valence-corrected chi connectivity index (χ3v) is 2.99. The van der Waals surface area contributed by atoms with Gasteiger partial charge in [-0.2, -0.15) is 4.79 Å². The third kappa shape index (κ3) is 2.84. The Morgan fingerprint density at radius 3 is 2.83 bits per heavy atom. The summed E-state index contributed by atoms with van der Waals surface area (Å²) in [7, 11) is 0. The summed E-state index contributed by atoms with van der Waals surface area (Å²) < 4.78 is 6.19. The normalized spacial score (nSPS) is 10.1. The zero-order valence-electron chi connectivity index (χ0n) is 10.2. The van der Waals surface area contributed by atoms with Crippen LogP contribution in [0.3, 0.4) is 0 Å². The van der Waals surface area contributed by atoms with Crippen LogP contribution in [0.4, 0.5) is 15.6 Å². The van der Waals surface area contributed by atoms with E-state index in [1.165, 1.54) is 16.0 Å². The van der Waals surface area contributed by atoms with Gasteiger partial charge in [-0.1, -0.05) is 23.3 Å². The SMILES string of the molecule is CCOC(=O)[n+]1nc(C)sc1Nc1ccccc1. The summed E-state index contributed by atoms with van der Waals surface area (Å²) >= 11 is 1.40. The average molecular weight is 264 g/mol. The molecule has 1 aromatic heterocycles. The van der Waals surface area contributed by atoms with E-state index in [9.17, 15) is 4.79 Å². The Hall–Kier alpha value is -1.95. The second-order valence-corrected chi connectivity index (χ2v) is 4.71. The fourth-order valence-electron chi connectivity index (χ4n) is 1.42. The van der Waals surface area contributed by atoms with Crippen molar-refractivity contribution in [3.8, 4) is 0 Å². The van der Waals surface area contributed by atoms with Gasteiger partial charge in [0, 0.05) is 0 Å².